The SMILES string of the molecule is Cc1ccc(-c2ccc(NC(=O)CN3CCCC4=C3C(=O)N(C)C4=O)nn2)cn1. The number of rotatable bonds is 4. The number of carbonyl (C=O) groups is 3. The first-order valence-corrected chi connectivity index (χ1v) is 9.31. The Balaban J connectivity index is 1.43. The van der Waals surface area contributed by atoms with E-state index in [0.717, 1.165) is 22.6 Å². The molecule has 0 bridgehead atoms. The number of likely N-dealkylation sites (N-methyl/N-ethyl adjacent to an activating group) is 1. The normalized spacial score (nSPS) is 16.3. The van der Waals surface area contributed by atoms with E-state index in [1.807, 2.05) is 19.1 Å². The number of amides is 3. The number of aromatic nitrogens is 3. The number of nitrogens with one attached hydrogen (secondary N) is 1. The van der Waals surface area contributed by atoms with Crippen LogP contribution in [-0.4, -0.2) is 62.8 Å². The van der Waals surface area contributed by atoms with Crippen molar-refractivity contribution in [3.05, 3.63) is 47.4 Å². The number of hydrogen-bond donors (Lipinski definition) is 1. The Morgan fingerprint density at radius 3 is 2.66 bits per heavy atom. The van der Waals surface area contributed by atoms with E-state index in [-0.39, 0.29) is 24.3 Å². The Morgan fingerprint density at radius 1 is 1.14 bits per heavy atom. The molecule has 4 rings (SSSR count). The van der Waals surface area contributed by atoms with Crippen LogP contribution in [0.25, 0.3) is 11.3 Å². The van der Waals surface area contributed by atoms with Gasteiger partial charge in [-0.1, -0.05) is 0 Å². The summed E-state index contributed by atoms with van der Waals surface area (Å²) in [6.07, 6.45) is 3.00. The van der Waals surface area contributed by atoms with E-state index in [4.69, 9.17) is 0 Å². The molecule has 0 aromatic carbocycles. The van der Waals surface area contributed by atoms with E-state index < -0.39 is 0 Å². The number of hydrogen-bond acceptors (Lipinski definition) is 7. The monoisotopic (exact) mass is 392 g/mol. The molecule has 0 saturated carbocycles. The van der Waals surface area contributed by atoms with Crippen LogP contribution in [0.5, 0.6) is 0 Å². The molecule has 2 aliphatic rings. The average Bonchev–Trinajstić information content (AvgIpc) is 2.94. The highest BCUT2D eigenvalue weighted by Crippen LogP contribution is 2.30. The topological polar surface area (TPSA) is 108 Å². The van der Waals surface area contributed by atoms with Crippen LogP contribution >= 0.6 is 0 Å². The van der Waals surface area contributed by atoms with Gasteiger partial charge in [0, 0.05) is 36.6 Å². The van der Waals surface area contributed by atoms with E-state index >= 15 is 0 Å². The van der Waals surface area contributed by atoms with Crippen LogP contribution in [0.1, 0.15) is 18.5 Å². The summed E-state index contributed by atoms with van der Waals surface area (Å²) >= 11 is 0. The van der Waals surface area contributed by atoms with Crippen molar-refractivity contribution in [2.24, 2.45) is 0 Å². The molecule has 0 saturated heterocycles. The molecule has 4 heterocycles. The molecule has 29 heavy (non-hydrogen) atoms. The smallest absolute Gasteiger partial charge is 0.277 e. The first kappa shape index (κ1) is 18.7. The van der Waals surface area contributed by atoms with Crippen LogP contribution in [0.4, 0.5) is 5.82 Å². The van der Waals surface area contributed by atoms with E-state index in [9.17, 15) is 14.4 Å². The molecule has 0 unspecified atom stereocenters. The van der Waals surface area contributed by atoms with Gasteiger partial charge >= 0.3 is 0 Å². The quantitative estimate of drug-likeness (QED) is 0.777. The average molecular weight is 392 g/mol. The van der Waals surface area contributed by atoms with Gasteiger partial charge in [0.2, 0.25) is 5.91 Å². The lowest BCUT2D eigenvalue weighted by molar-refractivity contribution is -0.136. The molecule has 9 heteroatoms. The maximum atomic E-state index is 12.5. The van der Waals surface area contributed by atoms with E-state index in [1.54, 1.807) is 23.2 Å². The van der Waals surface area contributed by atoms with Gasteiger partial charge in [0.25, 0.3) is 11.8 Å². The fraction of sp³-hybridized carbons (Fsp3) is 0.300. The molecular weight excluding hydrogens is 372 g/mol. The van der Waals surface area contributed by atoms with Gasteiger partial charge in [0.05, 0.1) is 12.2 Å². The summed E-state index contributed by atoms with van der Waals surface area (Å²) in [6.45, 7) is 2.42. The summed E-state index contributed by atoms with van der Waals surface area (Å²) in [5.41, 5.74) is 3.23. The lowest BCUT2D eigenvalue weighted by Crippen LogP contribution is -2.38. The van der Waals surface area contributed by atoms with Gasteiger partial charge < -0.3 is 10.2 Å². The fourth-order valence-corrected chi connectivity index (χ4v) is 3.48. The number of pyridine rings is 1. The largest absolute Gasteiger partial charge is 0.357 e. The second-order valence-electron chi connectivity index (χ2n) is 7.06. The number of imide groups is 1. The molecular formula is C20H20N6O3. The Hall–Kier alpha value is -3.62. The summed E-state index contributed by atoms with van der Waals surface area (Å²) in [5, 5.41) is 10.9. The molecule has 0 atom stereocenters. The van der Waals surface area contributed by atoms with Gasteiger partial charge in [0.15, 0.2) is 5.82 Å². The number of carbonyl (C=O) groups excluding carboxylic acids is 3. The van der Waals surface area contributed by atoms with Gasteiger partial charge in [-0.05, 0) is 44.0 Å². The molecule has 2 aromatic heterocycles. The minimum absolute atomic E-state index is 0.0307. The van der Waals surface area contributed by atoms with Crippen molar-refractivity contribution in [1.29, 1.82) is 0 Å². The number of aryl methyl sites for hydroxylation is 1. The van der Waals surface area contributed by atoms with E-state index in [0.29, 0.717) is 35.7 Å². The van der Waals surface area contributed by atoms with Gasteiger partial charge in [-0.3, -0.25) is 24.3 Å². The number of anilines is 1. The predicted molar refractivity (Wildman–Crippen MR) is 104 cm³/mol. The summed E-state index contributed by atoms with van der Waals surface area (Å²) in [6, 6.07) is 7.22. The van der Waals surface area contributed by atoms with E-state index in [2.05, 4.69) is 20.5 Å². The highest BCUT2D eigenvalue weighted by atomic mass is 16.2. The van der Waals surface area contributed by atoms with Crippen LogP contribution in [0.3, 0.4) is 0 Å². The zero-order chi connectivity index (χ0) is 20.5. The Labute approximate surface area is 167 Å². The molecule has 2 aliphatic heterocycles. The minimum atomic E-state index is -0.353. The van der Waals surface area contributed by atoms with Crippen molar-refractivity contribution in [2.45, 2.75) is 19.8 Å². The van der Waals surface area contributed by atoms with E-state index in [1.165, 1.54) is 7.05 Å². The zero-order valence-corrected chi connectivity index (χ0v) is 16.2. The van der Waals surface area contributed by atoms with Crippen molar-refractivity contribution in [1.82, 2.24) is 25.0 Å². The molecule has 0 radical (unpaired) electrons. The van der Waals surface area contributed by atoms with Crippen LogP contribution in [0.2, 0.25) is 0 Å². The molecule has 3 amide bonds. The lowest BCUT2D eigenvalue weighted by Gasteiger charge is -2.28. The predicted octanol–water partition coefficient (Wildman–Crippen LogP) is 1.13. The third-order valence-corrected chi connectivity index (χ3v) is 5.00. The van der Waals surface area contributed by atoms with Gasteiger partial charge in [-0.15, -0.1) is 10.2 Å². The van der Waals surface area contributed by atoms with Crippen LogP contribution in [0, 0.1) is 6.92 Å². The molecule has 0 aliphatic carbocycles. The molecule has 9 nitrogen and oxygen atoms in total. The second-order valence-corrected chi connectivity index (χ2v) is 7.06. The summed E-state index contributed by atoms with van der Waals surface area (Å²) < 4.78 is 0. The standard InChI is InChI=1S/C20H20N6O3/c1-12-5-6-13(10-21-12)15-7-8-16(24-23-15)22-17(27)11-26-9-3-4-14-18(26)20(29)25(2)19(14)28/h5-8,10H,3-4,9,11H2,1-2H3,(H,22,24,27). The first-order chi connectivity index (χ1) is 13.9. The molecule has 0 fully saturated rings. The van der Waals surface area contributed by atoms with Crippen LogP contribution in [0.15, 0.2) is 41.7 Å². The highest BCUT2D eigenvalue weighted by Gasteiger charge is 2.40. The third kappa shape index (κ3) is 3.58. The fourth-order valence-electron chi connectivity index (χ4n) is 3.48. The molecule has 148 valence electrons. The molecule has 0 spiro atoms. The Bertz CT molecular complexity index is 1010. The van der Waals surface area contributed by atoms with Gasteiger partial charge in [-0.25, -0.2) is 0 Å². The minimum Gasteiger partial charge on any atom is -0.357 e. The lowest BCUT2D eigenvalue weighted by atomic mass is 10.0. The third-order valence-electron chi connectivity index (χ3n) is 5.00. The first-order valence-electron chi connectivity index (χ1n) is 9.31. The van der Waals surface area contributed by atoms with Gasteiger partial charge in [-0.2, -0.15) is 0 Å². The number of nitrogens with zero attached hydrogens (tertiary/aromatic N) is 5. The molecule has 1 N–H and O–H groups in total. The van der Waals surface area contributed by atoms with Crippen LogP contribution < -0.4 is 5.32 Å². The highest BCUT2D eigenvalue weighted by molar-refractivity contribution is 6.19. The zero-order valence-electron chi connectivity index (χ0n) is 16.2. The Kier molecular flexibility index (Phi) is 4.79. The van der Waals surface area contributed by atoms with Crippen molar-refractivity contribution in [3.8, 4) is 11.3 Å². The Morgan fingerprint density at radius 2 is 1.97 bits per heavy atom. The summed E-state index contributed by atoms with van der Waals surface area (Å²) in [5.74, 6) is -0.640. The maximum absolute atomic E-state index is 12.5. The molecule has 2 aromatic rings. The van der Waals surface area contributed by atoms with Crippen molar-refractivity contribution < 1.29 is 14.4 Å². The van der Waals surface area contributed by atoms with Crippen molar-refractivity contribution >= 4 is 23.5 Å². The second kappa shape index (κ2) is 7.42. The van der Waals surface area contributed by atoms with Crippen LogP contribution in [-0.2, 0) is 14.4 Å². The van der Waals surface area contributed by atoms with Gasteiger partial charge in [0.1, 0.15) is 5.70 Å². The summed E-state index contributed by atoms with van der Waals surface area (Å²) in [7, 11) is 1.46. The maximum Gasteiger partial charge on any atom is 0.277 e. The van der Waals surface area contributed by atoms with Crippen molar-refractivity contribution in [2.75, 3.05) is 25.5 Å². The summed E-state index contributed by atoms with van der Waals surface area (Å²) in [4.78, 5) is 43.9. The van der Waals surface area contributed by atoms with Crippen molar-refractivity contribution in [3.63, 3.8) is 0 Å².